The first-order chi connectivity index (χ1) is 13.9. The molecule has 1 saturated heterocycles. The maximum Gasteiger partial charge on any atom is 0.328 e. The minimum Gasteiger partial charge on any atom is -0.497 e. The normalized spacial score (nSPS) is 20.8. The van der Waals surface area contributed by atoms with Crippen molar-refractivity contribution in [2.75, 3.05) is 14.2 Å². The second-order valence-electron chi connectivity index (χ2n) is 7.30. The Morgan fingerprint density at radius 2 is 1.69 bits per heavy atom. The summed E-state index contributed by atoms with van der Waals surface area (Å²) in [7, 11) is 3.98. The molecule has 2 aliphatic rings. The molecule has 152 valence electrons. The van der Waals surface area contributed by atoms with E-state index in [-0.39, 0.29) is 0 Å². The van der Waals surface area contributed by atoms with Gasteiger partial charge in [-0.25, -0.2) is 9.59 Å². The van der Waals surface area contributed by atoms with E-state index in [0.717, 1.165) is 11.8 Å². The largest absolute Gasteiger partial charge is 0.497 e. The Morgan fingerprint density at radius 1 is 1.03 bits per heavy atom. The molecule has 2 bridgehead atoms. The van der Waals surface area contributed by atoms with Gasteiger partial charge in [-0.3, -0.25) is 4.90 Å². The van der Waals surface area contributed by atoms with Crippen LogP contribution < -0.4 is 4.74 Å². The Bertz CT molecular complexity index is 962. The van der Waals surface area contributed by atoms with Crippen molar-refractivity contribution in [1.29, 1.82) is 0 Å². The summed E-state index contributed by atoms with van der Waals surface area (Å²) < 4.78 is 5.30. The zero-order chi connectivity index (χ0) is 21.0. The van der Waals surface area contributed by atoms with Gasteiger partial charge >= 0.3 is 11.9 Å². The van der Waals surface area contributed by atoms with Crippen molar-refractivity contribution < 1.29 is 24.5 Å². The summed E-state index contributed by atoms with van der Waals surface area (Å²) in [5.41, 5.74) is 2.91. The molecule has 1 fully saturated rings. The fourth-order valence-electron chi connectivity index (χ4n) is 3.95. The van der Waals surface area contributed by atoms with Gasteiger partial charge in [-0.1, -0.05) is 24.3 Å². The summed E-state index contributed by atoms with van der Waals surface area (Å²) in [6.45, 7) is 0. The zero-order valence-electron chi connectivity index (χ0n) is 16.5. The molecule has 0 aromatic heterocycles. The topological polar surface area (TPSA) is 87.1 Å². The molecule has 6 heteroatoms. The number of methoxy groups -OCH3 is 1. The predicted octanol–water partition coefficient (Wildman–Crippen LogP) is 3.81. The first-order valence-corrected chi connectivity index (χ1v) is 9.52. The van der Waals surface area contributed by atoms with Crippen LogP contribution in [0.15, 0.2) is 54.6 Å². The van der Waals surface area contributed by atoms with Gasteiger partial charge in [-0.05, 0) is 66.4 Å². The van der Waals surface area contributed by atoms with Crippen LogP contribution in [0, 0.1) is 0 Å². The number of hydrogen-bond donors (Lipinski definition) is 2. The van der Waals surface area contributed by atoms with Gasteiger partial charge in [-0.15, -0.1) is 0 Å². The second-order valence-corrected chi connectivity index (χ2v) is 7.30. The van der Waals surface area contributed by atoms with E-state index in [0.29, 0.717) is 18.2 Å². The fourth-order valence-corrected chi connectivity index (χ4v) is 3.95. The number of nitrogens with zero attached hydrogens (tertiary/aromatic N) is 1. The molecular weight excluding hydrogens is 370 g/mol. The summed E-state index contributed by atoms with van der Waals surface area (Å²) in [4.78, 5) is 21.6. The third kappa shape index (κ3) is 5.03. The second kappa shape index (κ2) is 8.92. The lowest BCUT2D eigenvalue weighted by molar-refractivity contribution is -0.134. The Morgan fingerprint density at radius 3 is 2.31 bits per heavy atom. The van der Waals surface area contributed by atoms with E-state index < -0.39 is 11.9 Å². The number of ether oxygens (including phenoxy) is 1. The highest BCUT2D eigenvalue weighted by molar-refractivity contribution is 5.89. The van der Waals surface area contributed by atoms with Gasteiger partial charge < -0.3 is 14.9 Å². The highest BCUT2D eigenvalue weighted by Gasteiger charge is 2.33. The SMILES string of the molecule is COc1ccc2cc(C3=CC4CCC(C3)N4C)ccc2c1.O=C(O)/C=C/C(=O)O. The third-order valence-corrected chi connectivity index (χ3v) is 5.53. The molecule has 29 heavy (non-hydrogen) atoms. The van der Waals surface area contributed by atoms with Gasteiger partial charge in [0.15, 0.2) is 0 Å². The van der Waals surface area contributed by atoms with E-state index in [2.05, 4.69) is 48.4 Å². The summed E-state index contributed by atoms with van der Waals surface area (Å²) >= 11 is 0. The number of rotatable bonds is 4. The molecule has 2 unspecified atom stereocenters. The van der Waals surface area contributed by atoms with Gasteiger partial charge in [0.25, 0.3) is 0 Å². The Hall–Kier alpha value is -3.12. The number of benzene rings is 2. The van der Waals surface area contributed by atoms with Gasteiger partial charge in [0.05, 0.1) is 7.11 Å². The van der Waals surface area contributed by atoms with Crippen LogP contribution >= 0.6 is 0 Å². The average molecular weight is 395 g/mol. The molecule has 0 aliphatic carbocycles. The van der Waals surface area contributed by atoms with E-state index in [1.165, 1.54) is 41.2 Å². The van der Waals surface area contributed by atoms with Crippen LogP contribution in [-0.4, -0.2) is 53.3 Å². The maximum atomic E-state index is 9.55. The maximum absolute atomic E-state index is 9.55. The van der Waals surface area contributed by atoms with Gasteiger partial charge in [0.2, 0.25) is 0 Å². The lowest BCUT2D eigenvalue weighted by Gasteiger charge is -2.30. The van der Waals surface area contributed by atoms with Crippen LogP contribution in [0.4, 0.5) is 0 Å². The van der Waals surface area contributed by atoms with E-state index in [1.807, 2.05) is 6.07 Å². The summed E-state index contributed by atoms with van der Waals surface area (Å²) in [6.07, 6.45) is 7.44. The zero-order valence-corrected chi connectivity index (χ0v) is 16.5. The van der Waals surface area contributed by atoms with Gasteiger partial charge in [0, 0.05) is 24.2 Å². The average Bonchev–Trinajstić information content (AvgIpc) is 2.92. The Kier molecular flexibility index (Phi) is 6.34. The summed E-state index contributed by atoms with van der Waals surface area (Å²) in [5, 5.41) is 18.2. The predicted molar refractivity (Wildman–Crippen MR) is 112 cm³/mol. The first-order valence-electron chi connectivity index (χ1n) is 9.52. The highest BCUT2D eigenvalue weighted by Crippen LogP contribution is 2.38. The smallest absolute Gasteiger partial charge is 0.328 e. The Labute approximate surface area is 169 Å². The van der Waals surface area contributed by atoms with E-state index in [1.54, 1.807) is 7.11 Å². The molecule has 0 saturated carbocycles. The number of likely N-dealkylation sites (N-methyl/N-ethyl adjacent to an activating group) is 1. The van der Waals surface area contributed by atoms with Gasteiger partial charge in [0.1, 0.15) is 5.75 Å². The van der Waals surface area contributed by atoms with E-state index in [4.69, 9.17) is 14.9 Å². The highest BCUT2D eigenvalue weighted by atomic mass is 16.5. The quantitative estimate of drug-likeness (QED) is 0.766. The summed E-state index contributed by atoms with van der Waals surface area (Å²) in [6, 6.07) is 14.5. The molecule has 2 N–H and O–H groups in total. The molecule has 2 aliphatic heterocycles. The monoisotopic (exact) mass is 395 g/mol. The molecule has 2 atom stereocenters. The van der Waals surface area contributed by atoms with Crippen LogP contribution in [0.1, 0.15) is 24.8 Å². The number of aliphatic carboxylic acids is 2. The van der Waals surface area contributed by atoms with Crippen LogP contribution in [0.25, 0.3) is 16.3 Å². The standard InChI is InChI=1S/C19H21NO.C4H4O4/c1-20-17-6-7-18(20)11-16(10-17)14-3-4-15-12-19(21-2)8-5-13(15)9-14;5-3(6)1-2-4(7)8/h3-5,8-10,12,17-18H,6-7,11H2,1-2H3;1-2H,(H,5,6)(H,7,8)/b;2-1+. The number of carboxylic acids is 2. The molecule has 2 aromatic rings. The number of fused-ring (bicyclic) bond motifs is 3. The van der Waals surface area contributed by atoms with Crippen molar-refractivity contribution in [2.45, 2.75) is 31.3 Å². The molecule has 2 heterocycles. The van der Waals surface area contributed by atoms with Crippen molar-refractivity contribution >= 4 is 28.3 Å². The number of hydrogen-bond acceptors (Lipinski definition) is 4. The summed E-state index contributed by atoms with van der Waals surface area (Å²) in [5.74, 6) is -1.59. The molecule has 4 rings (SSSR count). The molecule has 0 spiro atoms. The molecule has 0 amide bonds. The van der Waals surface area contributed by atoms with Crippen molar-refractivity contribution in [3.63, 3.8) is 0 Å². The van der Waals surface area contributed by atoms with Crippen LogP contribution in [0.5, 0.6) is 5.75 Å². The molecule has 0 radical (unpaired) electrons. The van der Waals surface area contributed by atoms with Crippen LogP contribution in [0.3, 0.4) is 0 Å². The number of carboxylic acid groups (broad SMARTS) is 2. The number of carbonyl (C=O) groups is 2. The lowest BCUT2D eigenvalue weighted by Crippen LogP contribution is -2.34. The van der Waals surface area contributed by atoms with Crippen molar-refractivity contribution in [3.8, 4) is 5.75 Å². The van der Waals surface area contributed by atoms with Crippen LogP contribution in [0.2, 0.25) is 0 Å². The fraction of sp³-hybridized carbons (Fsp3) is 0.304. The molecular formula is C23H25NO5. The molecule has 6 nitrogen and oxygen atoms in total. The molecule has 2 aromatic carbocycles. The minimum atomic E-state index is -1.26. The minimum absolute atomic E-state index is 0.558. The first kappa shape index (κ1) is 20.6. The van der Waals surface area contributed by atoms with E-state index >= 15 is 0 Å². The lowest BCUT2D eigenvalue weighted by atomic mass is 9.93. The Balaban J connectivity index is 0.000000258. The van der Waals surface area contributed by atoms with Crippen LogP contribution in [-0.2, 0) is 9.59 Å². The third-order valence-electron chi connectivity index (χ3n) is 5.53. The van der Waals surface area contributed by atoms with Crippen molar-refractivity contribution in [3.05, 3.63) is 60.2 Å². The van der Waals surface area contributed by atoms with Crippen molar-refractivity contribution in [2.24, 2.45) is 0 Å². The van der Waals surface area contributed by atoms with Gasteiger partial charge in [-0.2, -0.15) is 0 Å². The van der Waals surface area contributed by atoms with E-state index in [9.17, 15) is 9.59 Å². The van der Waals surface area contributed by atoms with Crippen molar-refractivity contribution in [1.82, 2.24) is 4.90 Å².